The van der Waals surface area contributed by atoms with Crippen LogP contribution < -0.4 is 5.32 Å². The van der Waals surface area contributed by atoms with Crippen LogP contribution in [0.15, 0.2) is 66.7 Å². The minimum atomic E-state index is -0.301. The molecule has 25 heavy (non-hydrogen) atoms. The molecular formula is C21H19FN2O. The zero-order valence-electron chi connectivity index (χ0n) is 14.2. The number of benzene rings is 2. The standard InChI is InChI=1S/C21H19FN2O/c1-14-6-5-9-20(23-14)15(2)24-21(25)19-8-4-3-7-18(19)16-10-12-17(22)13-11-16/h3-13,15H,1-2H3,(H,24,25). The van der Waals surface area contributed by atoms with Crippen molar-refractivity contribution >= 4 is 5.91 Å². The molecule has 0 aliphatic carbocycles. The van der Waals surface area contributed by atoms with Crippen LogP contribution in [-0.4, -0.2) is 10.9 Å². The smallest absolute Gasteiger partial charge is 0.252 e. The first kappa shape index (κ1) is 16.8. The van der Waals surface area contributed by atoms with Crippen LogP contribution in [0.4, 0.5) is 4.39 Å². The predicted molar refractivity (Wildman–Crippen MR) is 96.7 cm³/mol. The van der Waals surface area contributed by atoms with Crippen LogP contribution in [0.3, 0.4) is 0 Å². The fourth-order valence-corrected chi connectivity index (χ4v) is 2.72. The fraction of sp³-hybridized carbons (Fsp3) is 0.143. The highest BCUT2D eigenvalue weighted by atomic mass is 19.1. The minimum absolute atomic E-state index is 0.185. The number of halogens is 1. The highest BCUT2D eigenvalue weighted by Gasteiger charge is 2.16. The SMILES string of the molecule is Cc1cccc(C(C)NC(=O)c2ccccc2-c2ccc(F)cc2)n1. The van der Waals surface area contributed by atoms with Crippen molar-refractivity contribution in [2.75, 3.05) is 0 Å². The van der Waals surface area contributed by atoms with Gasteiger partial charge in [-0.05, 0) is 55.3 Å². The maximum absolute atomic E-state index is 13.2. The summed E-state index contributed by atoms with van der Waals surface area (Å²) in [6, 6.07) is 19.0. The number of aryl methyl sites for hydroxylation is 1. The van der Waals surface area contributed by atoms with Crippen molar-refractivity contribution in [1.82, 2.24) is 10.3 Å². The Bertz CT molecular complexity index is 890. The van der Waals surface area contributed by atoms with Gasteiger partial charge in [0.05, 0.1) is 11.7 Å². The summed E-state index contributed by atoms with van der Waals surface area (Å²) in [5.74, 6) is -0.486. The van der Waals surface area contributed by atoms with Crippen molar-refractivity contribution in [3.63, 3.8) is 0 Å². The molecule has 0 fully saturated rings. The number of rotatable bonds is 4. The molecular weight excluding hydrogens is 315 g/mol. The number of nitrogens with one attached hydrogen (secondary N) is 1. The molecule has 3 aromatic rings. The fourth-order valence-electron chi connectivity index (χ4n) is 2.72. The first-order valence-electron chi connectivity index (χ1n) is 8.14. The molecule has 126 valence electrons. The van der Waals surface area contributed by atoms with Gasteiger partial charge in [0.15, 0.2) is 0 Å². The van der Waals surface area contributed by atoms with Crippen LogP contribution in [-0.2, 0) is 0 Å². The van der Waals surface area contributed by atoms with E-state index in [1.165, 1.54) is 12.1 Å². The van der Waals surface area contributed by atoms with Gasteiger partial charge in [0, 0.05) is 11.3 Å². The molecule has 0 saturated heterocycles. The second-order valence-corrected chi connectivity index (χ2v) is 5.95. The summed E-state index contributed by atoms with van der Waals surface area (Å²) in [5, 5.41) is 2.99. The van der Waals surface area contributed by atoms with Crippen molar-refractivity contribution in [3.05, 3.63) is 89.5 Å². The van der Waals surface area contributed by atoms with Crippen molar-refractivity contribution < 1.29 is 9.18 Å². The molecule has 2 aromatic carbocycles. The Hall–Kier alpha value is -3.01. The van der Waals surface area contributed by atoms with Gasteiger partial charge in [-0.25, -0.2) is 4.39 Å². The third kappa shape index (κ3) is 3.91. The van der Waals surface area contributed by atoms with E-state index in [0.717, 1.165) is 22.5 Å². The number of carbonyl (C=O) groups is 1. The highest BCUT2D eigenvalue weighted by molar-refractivity contribution is 6.01. The molecule has 4 heteroatoms. The molecule has 0 bridgehead atoms. The van der Waals surface area contributed by atoms with E-state index in [2.05, 4.69) is 10.3 Å². The Morgan fingerprint density at radius 2 is 1.72 bits per heavy atom. The summed E-state index contributed by atoms with van der Waals surface area (Å²) in [5.41, 5.74) is 3.84. The molecule has 1 unspecified atom stereocenters. The molecule has 1 heterocycles. The van der Waals surface area contributed by atoms with Crippen LogP contribution in [0, 0.1) is 12.7 Å². The molecule has 1 N–H and O–H groups in total. The predicted octanol–water partition coefficient (Wildman–Crippen LogP) is 4.69. The molecule has 1 amide bonds. The van der Waals surface area contributed by atoms with E-state index >= 15 is 0 Å². The molecule has 0 radical (unpaired) electrons. The summed E-state index contributed by atoms with van der Waals surface area (Å²) in [4.78, 5) is 17.2. The van der Waals surface area contributed by atoms with Crippen LogP contribution >= 0.6 is 0 Å². The van der Waals surface area contributed by atoms with Crippen LogP contribution in [0.5, 0.6) is 0 Å². The van der Waals surface area contributed by atoms with Gasteiger partial charge in [0.25, 0.3) is 5.91 Å². The van der Waals surface area contributed by atoms with Crippen LogP contribution in [0.1, 0.15) is 34.7 Å². The number of hydrogen-bond acceptors (Lipinski definition) is 2. The van der Waals surface area contributed by atoms with Gasteiger partial charge in [-0.15, -0.1) is 0 Å². The summed E-state index contributed by atoms with van der Waals surface area (Å²) < 4.78 is 13.2. The molecule has 0 saturated carbocycles. The lowest BCUT2D eigenvalue weighted by Crippen LogP contribution is -2.27. The number of pyridine rings is 1. The number of aromatic nitrogens is 1. The second-order valence-electron chi connectivity index (χ2n) is 5.95. The normalized spacial score (nSPS) is 11.8. The highest BCUT2D eigenvalue weighted by Crippen LogP contribution is 2.24. The molecule has 1 aromatic heterocycles. The van der Waals surface area contributed by atoms with Gasteiger partial charge >= 0.3 is 0 Å². The summed E-state index contributed by atoms with van der Waals surface area (Å²) in [6.07, 6.45) is 0. The van der Waals surface area contributed by atoms with E-state index in [1.54, 1.807) is 18.2 Å². The monoisotopic (exact) mass is 334 g/mol. The zero-order valence-corrected chi connectivity index (χ0v) is 14.2. The van der Waals surface area contributed by atoms with Crippen LogP contribution in [0.25, 0.3) is 11.1 Å². The lowest BCUT2D eigenvalue weighted by atomic mass is 9.99. The maximum atomic E-state index is 13.2. The summed E-state index contributed by atoms with van der Waals surface area (Å²) in [7, 11) is 0. The van der Waals surface area contributed by atoms with Crippen molar-refractivity contribution in [1.29, 1.82) is 0 Å². The molecule has 0 aliphatic rings. The molecule has 0 spiro atoms. The van der Waals surface area contributed by atoms with Gasteiger partial charge in [-0.1, -0.05) is 36.4 Å². The molecule has 1 atom stereocenters. The number of nitrogens with zero attached hydrogens (tertiary/aromatic N) is 1. The van der Waals surface area contributed by atoms with E-state index in [4.69, 9.17) is 0 Å². The molecule has 0 aliphatic heterocycles. The van der Waals surface area contributed by atoms with Crippen molar-refractivity contribution in [3.8, 4) is 11.1 Å². The zero-order chi connectivity index (χ0) is 17.8. The maximum Gasteiger partial charge on any atom is 0.252 e. The summed E-state index contributed by atoms with van der Waals surface area (Å²) >= 11 is 0. The number of amides is 1. The largest absolute Gasteiger partial charge is 0.344 e. The quantitative estimate of drug-likeness (QED) is 0.752. The molecule has 3 rings (SSSR count). The van der Waals surface area contributed by atoms with Crippen molar-refractivity contribution in [2.24, 2.45) is 0 Å². The van der Waals surface area contributed by atoms with Gasteiger partial charge in [0.1, 0.15) is 5.82 Å². The Balaban J connectivity index is 1.86. The van der Waals surface area contributed by atoms with Gasteiger partial charge in [0.2, 0.25) is 0 Å². The van der Waals surface area contributed by atoms with E-state index in [-0.39, 0.29) is 17.8 Å². The Morgan fingerprint density at radius 3 is 2.44 bits per heavy atom. The number of carbonyl (C=O) groups excluding carboxylic acids is 1. The molecule has 3 nitrogen and oxygen atoms in total. The van der Waals surface area contributed by atoms with E-state index in [1.807, 2.05) is 50.2 Å². The first-order chi connectivity index (χ1) is 12.0. The lowest BCUT2D eigenvalue weighted by Gasteiger charge is -2.16. The van der Waals surface area contributed by atoms with E-state index in [0.29, 0.717) is 5.56 Å². The van der Waals surface area contributed by atoms with Gasteiger partial charge in [-0.2, -0.15) is 0 Å². The third-order valence-electron chi connectivity index (χ3n) is 4.03. The Kier molecular flexibility index (Phi) is 4.89. The van der Waals surface area contributed by atoms with E-state index in [9.17, 15) is 9.18 Å². The first-order valence-corrected chi connectivity index (χ1v) is 8.14. The number of hydrogen-bond donors (Lipinski definition) is 1. The van der Waals surface area contributed by atoms with Crippen LogP contribution in [0.2, 0.25) is 0 Å². The Morgan fingerprint density at radius 1 is 1.00 bits per heavy atom. The average molecular weight is 334 g/mol. The van der Waals surface area contributed by atoms with Gasteiger partial charge in [-0.3, -0.25) is 9.78 Å². The summed E-state index contributed by atoms with van der Waals surface area (Å²) in [6.45, 7) is 3.82. The lowest BCUT2D eigenvalue weighted by molar-refractivity contribution is 0.0939. The minimum Gasteiger partial charge on any atom is -0.344 e. The second kappa shape index (κ2) is 7.26. The topological polar surface area (TPSA) is 42.0 Å². The average Bonchev–Trinajstić information content (AvgIpc) is 2.62. The van der Waals surface area contributed by atoms with Crippen molar-refractivity contribution in [2.45, 2.75) is 19.9 Å². The third-order valence-corrected chi connectivity index (χ3v) is 4.03. The van der Waals surface area contributed by atoms with E-state index < -0.39 is 0 Å². The van der Waals surface area contributed by atoms with Gasteiger partial charge < -0.3 is 5.32 Å². The Labute approximate surface area is 146 Å².